The molecule has 1 aromatic carbocycles. The van der Waals surface area contributed by atoms with Crippen LogP contribution in [0.25, 0.3) is 11.0 Å². The first-order chi connectivity index (χ1) is 12.5. The number of aromatic nitrogens is 2. The maximum Gasteiger partial charge on any atom is 0.348 e. The third kappa shape index (κ3) is 2.61. The number of carbonyl (C=O) groups excluding carboxylic acids is 2. The van der Waals surface area contributed by atoms with Crippen LogP contribution in [0, 0.1) is 0 Å². The minimum absolute atomic E-state index is 0.283. The molecule has 3 heterocycles. The zero-order chi connectivity index (χ0) is 18.4. The van der Waals surface area contributed by atoms with E-state index in [1.54, 1.807) is 7.05 Å². The predicted octanol–water partition coefficient (Wildman–Crippen LogP) is 0.313. The van der Waals surface area contributed by atoms with Crippen LogP contribution in [0.15, 0.2) is 23.0 Å². The second kappa shape index (κ2) is 6.28. The van der Waals surface area contributed by atoms with Crippen molar-refractivity contribution in [3.8, 4) is 0 Å². The summed E-state index contributed by atoms with van der Waals surface area (Å²) in [6.07, 6.45) is 1.11. The van der Waals surface area contributed by atoms with Gasteiger partial charge in [0.25, 0.3) is 0 Å². The van der Waals surface area contributed by atoms with E-state index >= 15 is 0 Å². The SMILES string of the molecule is C[C@@H]1CN(c2ccc3c(c2)n(C)c(=O)n3N2C(=O)CCCC2=O)CCN1. The molecule has 8 heteroatoms. The van der Waals surface area contributed by atoms with Crippen LogP contribution < -0.4 is 20.9 Å². The number of amides is 2. The lowest BCUT2D eigenvalue weighted by molar-refractivity contribution is -0.131. The minimum Gasteiger partial charge on any atom is -0.369 e. The van der Waals surface area contributed by atoms with Crippen LogP contribution in [0.1, 0.15) is 26.2 Å². The van der Waals surface area contributed by atoms with Gasteiger partial charge in [0.1, 0.15) is 0 Å². The van der Waals surface area contributed by atoms with Gasteiger partial charge in [-0.05, 0) is 31.5 Å². The van der Waals surface area contributed by atoms with E-state index in [4.69, 9.17) is 0 Å². The Hall–Kier alpha value is -2.61. The van der Waals surface area contributed by atoms with Gasteiger partial charge < -0.3 is 10.2 Å². The highest BCUT2D eigenvalue weighted by molar-refractivity contribution is 6.11. The van der Waals surface area contributed by atoms with E-state index in [0.717, 1.165) is 30.3 Å². The molecule has 0 bridgehead atoms. The molecule has 4 rings (SSSR count). The molecule has 0 spiro atoms. The van der Waals surface area contributed by atoms with Crippen molar-refractivity contribution in [3.05, 3.63) is 28.7 Å². The number of imidazole rings is 1. The van der Waals surface area contributed by atoms with E-state index in [1.807, 2.05) is 18.2 Å². The Bertz CT molecular complexity index is 928. The van der Waals surface area contributed by atoms with Crippen molar-refractivity contribution in [1.82, 2.24) is 14.6 Å². The standard InChI is InChI=1S/C18H23N5O3/c1-12-11-21(9-8-19-12)13-6-7-14-15(10-13)20(2)18(26)22(14)23-16(24)4-3-5-17(23)25/h6-7,10,12,19H,3-5,8-9,11H2,1-2H3/t12-/m1/s1. The highest BCUT2D eigenvalue weighted by Crippen LogP contribution is 2.24. The molecule has 0 unspecified atom stereocenters. The molecule has 2 amide bonds. The molecule has 26 heavy (non-hydrogen) atoms. The third-order valence-electron chi connectivity index (χ3n) is 5.20. The van der Waals surface area contributed by atoms with Crippen molar-refractivity contribution in [3.63, 3.8) is 0 Å². The van der Waals surface area contributed by atoms with Gasteiger partial charge in [-0.25, -0.2) is 4.79 Å². The molecule has 2 fully saturated rings. The number of anilines is 1. The largest absolute Gasteiger partial charge is 0.369 e. The molecule has 138 valence electrons. The van der Waals surface area contributed by atoms with Gasteiger partial charge in [0.05, 0.1) is 11.0 Å². The van der Waals surface area contributed by atoms with Crippen LogP contribution >= 0.6 is 0 Å². The average Bonchev–Trinajstić information content (AvgIpc) is 2.86. The topological polar surface area (TPSA) is 79.6 Å². The maximum absolute atomic E-state index is 12.8. The quantitative estimate of drug-likeness (QED) is 0.783. The van der Waals surface area contributed by atoms with E-state index < -0.39 is 0 Å². The summed E-state index contributed by atoms with van der Waals surface area (Å²) < 4.78 is 2.73. The first-order valence-corrected chi connectivity index (χ1v) is 9.03. The molecule has 1 aromatic heterocycles. The van der Waals surface area contributed by atoms with Crippen LogP contribution in [-0.2, 0) is 16.6 Å². The fraction of sp³-hybridized carbons (Fsp3) is 0.500. The molecule has 0 saturated carbocycles. The fourth-order valence-corrected chi connectivity index (χ4v) is 3.83. The molecule has 2 saturated heterocycles. The summed E-state index contributed by atoms with van der Waals surface area (Å²) in [4.78, 5) is 39.6. The van der Waals surface area contributed by atoms with E-state index in [1.165, 1.54) is 9.24 Å². The van der Waals surface area contributed by atoms with Crippen molar-refractivity contribution in [2.75, 3.05) is 29.5 Å². The Morgan fingerprint density at radius 1 is 1.08 bits per heavy atom. The van der Waals surface area contributed by atoms with E-state index in [-0.39, 0.29) is 30.3 Å². The lowest BCUT2D eigenvalue weighted by atomic mass is 10.1. The van der Waals surface area contributed by atoms with Crippen LogP contribution in [0.2, 0.25) is 0 Å². The van der Waals surface area contributed by atoms with Gasteiger partial charge in [-0.15, -0.1) is 0 Å². The Balaban J connectivity index is 1.81. The summed E-state index contributed by atoms with van der Waals surface area (Å²) in [5.74, 6) is -0.647. The maximum atomic E-state index is 12.8. The number of rotatable bonds is 2. The van der Waals surface area contributed by atoms with E-state index in [0.29, 0.717) is 23.5 Å². The first-order valence-electron chi connectivity index (χ1n) is 9.03. The highest BCUT2D eigenvalue weighted by atomic mass is 16.2. The fourth-order valence-electron chi connectivity index (χ4n) is 3.83. The number of fused-ring (bicyclic) bond motifs is 1. The van der Waals surface area contributed by atoms with Gasteiger partial charge in [0.15, 0.2) is 0 Å². The molecule has 0 radical (unpaired) electrons. The number of piperidine rings is 1. The zero-order valence-electron chi connectivity index (χ0n) is 15.1. The van der Waals surface area contributed by atoms with Gasteiger partial charge in [0, 0.05) is 51.3 Å². The van der Waals surface area contributed by atoms with Gasteiger partial charge in [-0.2, -0.15) is 9.69 Å². The van der Waals surface area contributed by atoms with Crippen molar-refractivity contribution in [2.45, 2.75) is 32.2 Å². The van der Waals surface area contributed by atoms with Gasteiger partial charge >= 0.3 is 5.69 Å². The first kappa shape index (κ1) is 16.8. The molecular formula is C18H23N5O3. The average molecular weight is 357 g/mol. The Kier molecular flexibility index (Phi) is 4.07. The van der Waals surface area contributed by atoms with Crippen molar-refractivity contribution >= 4 is 28.5 Å². The number of nitrogens with one attached hydrogen (secondary N) is 1. The molecule has 2 aliphatic rings. The number of hydrogen-bond acceptors (Lipinski definition) is 5. The Morgan fingerprint density at radius 2 is 1.81 bits per heavy atom. The number of benzene rings is 1. The molecule has 0 aliphatic carbocycles. The smallest absolute Gasteiger partial charge is 0.348 e. The van der Waals surface area contributed by atoms with Crippen LogP contribution in [-0.4, -0.2) is 46.7 Å². The number of imide groups is 1. The van der Waals surface area contributed by atoms with Crippen molar-refractivity contribution in [1.29, 1.82) is 0 Å². The summed E-state index contributed by atoms with van der Waals surface area (Å²) in [6.45, 7) is 4.84. The number of hydrogen-bond donors (Lipinski definition) is 1. The number of piperazine rings is 1. The normalized spacial score (nSPS) is 21.7. The van der Waals surface area contributed by atoms with Crippen LogP contribution in [0.5, 0.6) is 0 Å². The summed E-state index contributed by atoms with van der Waals surface area (Å²) >= 11 is 0. The lowest BCUT2D eigenvalue weighted by Crippen LogP contribution is -2.52. The number of nitrogens with zero attached hydrogens (tertiary/aromatic N) is 4. The Labute approximate surface area is 150 Å². The predicted molar refractivity (Wildman–Crippen MR) is 98.9 cm³/mol. The zero-order valence-corrected chi connectivity index (χ0v) is 15.1. The van der Waals surface area contributed by atoms with Crippen LogP contribution in [0.3, 0.4) is 0 Å². The van der Waals surface area contributed by atoms with E-state index in [2.05, 4.69) is 17.1 Å². The summed E-state index contributed by atoms with van der Waals surface area (Å²) in [7, 11) is 1.67. The summed E-state index contributed by atoms with van der Waals surface area (Å²) in [5, 5.41) is 4.43. The second-order valence-electron chi connectivity index (χ2n) is 7.08. The second-order valence-corrected chi connectivity index (χ2v) is 7.08. The van der Waals surface area contributed by atoms with Gasteiger partial charge in [-0.3, -0.25) is 14.2 Å². The van der Waals surface area contributed by atoms with Gasteiger partial charge in [-0.1, -0.05) is 0 Å². The third-order valence-corrected chi connectivity index (χ3v) is 5.20. The molecule has 1 N–H and O–H groups in total. The number of aryl methyl sites for hydroxylation is 1. The van der Waals surface area contributed by atoms with Crippen molar-refractivity contribution in [2.24, 2.45) is 7.05 Å². The summed E-state index contributed by atoms with van der Waals surface area (Å²) in [5.41, 5.74) is 1.95. The molecule has 2 aliphatic heterocycles. The monoisotopic (exact) mass is 357 g/mol. The molecule has 1 atom stereocenters. The van der Waals surface area contributed by atoms with E-state index in [9.17, 15) is 14.4 Å². The lowest BCUT2D eigenvalue weighted by Gasteiger charge is -2.33. The van der Waals surface area contributed by atoms with Gasteiger partial charge in [0.2, 0.25) is 11.8 Å². The summed E-state index contributed by atoms with van der Waals surface area (Å²) in [6, 6.07) is 6.14. The number of carbonyl (C=O) groups is 2. The molecular weight excluding hydrogens is 334 g/mol. The minimum atomic E-state index is -0.380. The Morgan fingerprint density at radius 3 is 2.50 bits per heavy atom. The van der Waals surface area contributed by atoms with Crippen LogP contribution in [0.4, 0.5) is 5.69 Å². The molecule has 8 nitrogen and oxygen atoms in total. The highest BCUT2D eigenvalue weighted by Gasteiger charge is 2.31. The molecule has 2 aromatic rings. The van der Waals surface area contributed by atoms with Crippen molar-refractivity contribution < 1.29 is 9.59 Å².